The van der Waals surface area contributed by atoms with Crippen LogP contribution in [0.25, 0.3) is 11.1 Å². The lowest BCUT2D eigenvalue weighted by molar-refractivity contribution is -0.137. The van der Waals surface area contributed by atoms with Gasteiger partial charge in [0.15, 0.2) is 0 Å². The number of nitrogens with zero attached hydrogens (tertiary/aromatic N) is 1. The van der Waals surface area contributed by atoms with Crippen LogP contribution in [0.4, 0.5) is 4.79 Å². The second-order valence-electron chi connectivity index (χ2n) is 8.96. The molecule has 35 heavy (non-hydrogen) atoms. The monoisotopic (exact) mass is 480 g/mol. The summed E-state index contributed by atoms with van der Waals surface area (Å²) >= 11 is 0. The number of ether oxygens (including phenoxy) is 1. The van der Waals surface area contributed by atoms with Gasteiger partial charge in [-0.2, -0.15) is 0 Å². The van der Waals surface area contributed by atoms with Gasteiger partial charge in [0.05, 0.1) is 5.92 Å². The van der Waals surface area contributed by atoms with Gasteiger partial charge in [-0.3, -0.25) is 9.59 Å². The maximum Gasteiger partial charge on any atom is 0.407 e. The molecule has 7 nitrogen and oxygen atoms in total. The van der Waals surface area contributed by atoms with E-state index < -0.39 is 12.1 Å². The van der Waals surface area contributed by atoms with E-state index in [-0.39, 0.29) is 37.3 Å². The molecule has 1 unspecified atom stereocenters. The van der Waals surface area contributed by atoms with E-state index in [0.29, 0.717) is 32.4 Å². The van der Waals surface area contributed by atoms with Crippen LogP contribution in [-0.4, -0.2) is 54.2 Å². The second kappa shape index (κ2) is 12.9. The molecule has 0 aliphatic heterocycles. The number of carboxylic acid groups (broad SMARTS) is 1. The third-order valence-electron chi connectivity index (χ3n) is 6.58. The molecular formula is C28H36N2O5. The molecule has 2 aromatic rings. The molecule has 1 aliphatic carbocycles. The van der Waals surface area contributed by atoms with Gasteiger partial charge in [0.2, 0.25) is 5.91 Å². The molecule has 1 aliphatic rings. The van der Waals surface area contributed by atoms with Crippen LogP contribution in [-0.2, 0) is 14.3 Å². The fraction of sp³-hybridized carbons (Fsp3) is 0.464. The number of aliphatic carboxylic acids is 1. The van der Waals surface area contributed by atoms with Gasteiger partial charge >= 0.3 is 12.1 Å². The number of hydrogen-bond acceptors (Lipinski definition) is 4. The maximum atomic E-state index is 13.1. The van der Waals surface area contributed by atoms with Gasteiger partial charge in [-0.05, 0) is 48.4 Å². The zero-order valence-corrected chi connectivity index (χ0v) is 20.7. The minimum absolute atomic E-state index is 0.0105. The summed E-state index contributed by atoms with van der Waals surface area (Å²) in [5.74, 6) is -1.18. The highest BCUT2D eigenvalue weighted by molar-refractivity contribution is 5.80. The van der Waals surface area contributed by atoms with Crippen LogP contribution in [0.5, 0.6) is 0 Å². The van der Waals surface area contributed by atoms with Crippen molar-refractivity contribution in [3.05, 3.63) is 59.7 Å². The molecule has 7 heteroatoms. The molecule has 3 rings (SSSR count). The fourth-order valence-electron chi connectivity index (χ4n) is 4.78. The molecule has 2 aromatic carbocycles. The van der Waals surface area contributed by atoms with Gasteiger partial charge in [0, 0.05) is 32.0 Å². The first-order chi connectivity index (χ1) is 17.0. The highest BCUT2D eigenvalue weighted by atomic mass is 16.5. The van der Waals surface area contributed by atoms with Crippen molar-refractivity contribution in [2.24, 2.45) is 5.92 Å². The minimum Gasteiger partial charge on any atom is -0.481 e. The lowest BCUT2D eigenvalue weighted by atomic mass is 9.98. The Morgan fingerprint density at radius 3 is 2.20 bits per heavy atom. The lowest BCUT2D eigenvalue weighted by Crippen LogP contribution is -2.42. The third-order valence-corrected chi connectivity index (χ3v) is 6.58. The van der Waals surface area contributed by atoms with E-state index in [2.05, 4.69) is 29.6 Å². The molecule has 0 spiro atoms. The Labute approximate surface area is 207 Å². The van der Waals surface area contributed by atoms with E-state index in [1.807, 2.05) is 38.1 Å². The van der Waals surface area contributed by atoms with Crippen molar-refractivity contribution < 1.29 is 24.2 Å². The maximum absolute atomic E-state index is 13.1. The molecule has 1 atom stereocenters. The summed E-state index contributed by atoms with van der Waals surface area (Å²) in [6.45, 7) is 5.45. The van der Waals surface area contributed by atoms with Crippen molar-refractivity contribution in [2.75, 3.05) is 26.2 Å². The summed E-state index contributed by atoms with van der Waals surface area (Å²) in [6.07, 6.45) is 2.24. The summed E-state index contributed by atoms with van der Waals surface area (Å²) in [5, 5.41) is 11.6. The quantitative estimate of drug-likeness (QED) is 0.391. The number of nitrogens with one attached hydrogen (secondary N) is 1. The molecule has 2 amide bonds. The topological polar surface area (TPSA) is 95.9 Å². The molecule has 0 saturated heterocycles. The molecule has 0 fully saturated rings. The SMILES string of the molecule is CCCC(CNC(=O)OCC1c2ccccc2-c2ccccc21)C(=O)N(CC)CCCCC(=O)O. The number of carbonyl (C=O) groups excluding carboxylic acids is 2. The summed E-state index contributed by atoms with van der Waals surface area (Å²) in [5.41, 5.74) is 4.66. The number of rotatable bonds is 13. The highest BCUT2D eigenvalue weighted by Gasteiger charge is 2.29. The number of unbranched alkanes of at least 4 members (excludes halogenated alkanes) is 1. The number of alkyl carbamates (subject to hydrolysis) is 1. The van der Waals surface area contributed by atoms with Crippen LogP contribution in [0.1, 0.15) is 63.0 Å². The molecule has 188 valence electrons. The summed E-state index contributed by atoms with van der Waals surface area (Å²) in [4.78, 5) is 38.1. The predicted octanol–water partition coefficient (Wildman–Crippen LogP) is 5.04. The molecule has 0 saturated carbocycles. The first kappa shape index (κ1) is 26.3. The van der Waals surface area contributed by atoms with Gasteiger partial charge in [-0.15, -0.1) is 0 Å². The van der Waals surface area contributed by atoms with Crippen LogP contribution in [0.2, 0.25) is 0 Å². The largest absolute Gasteiger partial charge is 0.481 e. The Morgan fingerprint density at radius 1 is 1.00 bits per heavy atom. The Hall–Kier alpha value is -3.35. The summed E-state index contributed by atoms with van der Waals surface area (Å²) in [7, 11) is 0. The molecular weight excluding hydrogens is 444 g/mol. The Balaban J connectivity index is 1.53. The van der Waals surface area contributed by atoms with E-state index in [1.54, 1.807) is 4.90 Å². The summed E-state index contributed by atoms with van der Waals surface area (Å²) in [6, 6.07) is 16.4. The first-order valence-corrected chi connectivity index (χ1v) is 12.6. The van der Waals surface area contributed by atoms with Crippen molar-refractivity contribution in [2.45, 2.75) is 51.9 Å². The van der Waals surface area contributed by atoms with E-state index >= 15 is 0 Å². The number of hydrogen-bond donors (Lipinski definition) is 2. The van der Waals surface area contributed by atoms with Gasteiger partial charge < -0.3 is 20.1 Å². The van der Waals surface area contributed by atoms with E-state index in [0.717, 1.165) is 17.5 Å². The van der Waals surface area contributed by atoms with Crippen molar-refractivity contribution in [3.63, 3.8) is 0 Å². The van der Waals surface area contributed by atoms with Gasteiger partial charge in [-0.1, -0.05) is 61.9 Å². The number of fused-ring (bicyclic) bond motifs is 3. The Morgan fingerprint density at radius 2 is 1.63 bits per heavy atom. The van der Waals surface area contributed by atoms with Crippen LogP contribution in [0.3, 0.4) is 0 Å². The minimum atomic E-state index is -0.824. The lowest BCUT2D eigenvalue weighted by Gasteiger charge is -2.26. The normalized spacial score (nSPS) is 13.0. The fourth-order valence-corrected chi connectivity index (χ4v) is 4.78. The third kappa shape index (κ3) is 6.84. The Bertz CT molecular complexity index is 976. The summed E-state index contributed by atoms with van der Waals surface area (Å²) < 4.78 is 5.61. The van der Waals surface area contributed by atoms with E-state index in [4.69, 9.17) is 9.84 Å². The molecule has 0 bridgehead atoms. The number of carboxylic acids is 1. The molecule has 2 N–H and O–H groups in total. The van der Waals surface area contributed by atoms with E-state index in [1.165, 1.54) is 11.1 Å². The zero-order chi connectivity index (χ0) is 25.2. The zero-order valence-electron chi connectivity index (χ0n) is 20.7. The molecule has 0 heterocycles. The number of amides is 2. The van der Waals surface area contributed by atoms with Crippen LogP contribution in [0.15, 0.2) is 48.5 Å². The average Bonchev–Trinajstić information content (AvgIpc) is 3.18. The van der Waals surface area contributed by atoms with Crippen molar-refractivity contribution in [1.29, 1.82) is 0 Å². The van der Waals surface area contributed by atoms with Crippen molar-refractivity contribution >= 4 is 18.0 Å². The molecule has 0 radical (unpaired) electrons. The van der Waals surface area contributed by atoms with Crippen molar-refractivity contribution in [3.8, 4) is 11.1 Å². The number of benzene rings is 2. The first-order valence-electron chi connectivity index (χ1n) is 12.6. The van der Waals surface area contributed by atoms with Gasteiger partial charge in [-0.25, -0.2) is 4.79 Å². The number of carbonyl (C=O) groups is 3. The Kier molecular flexibility index (Phi) is 9.70. The van der Waals surface area contributed by atoms with Crippen LogP contribution in [0, 0.1) is 5.92 Å². The van der Waals surface area contributed by atoms with Gasteiger partial charge in [0.1, 0.15) is 6.61 Å². The molecule has 0 aromatic heterocycles. The average molecular weight is 481 g/mol. The second-order valence-corrected chi connectivity index (χ2v) is 8.96. The van der Waals surface area contributed by atoms with Crippen LogP contribution < -0.4 is 5.32 Å². The predicted molar refractivity (Wildman–Crippen MR) is 135 cm³/mol. The smallest absolute Gasteiger partial charge is 0.407 e. The van der Waals surface area contributed by atoms with E-state index in [9.17, 15) is 14.4 Å². The highest BCUT2D eigenvalue weighted by Crippen LogP contribution is 2.44. The van der Waals surface area contributed by atoms with Crippen LogP contribution >= 0.6 is 0 Å². The standard InChI is InChI=1S/C28H36N2O5/c1-3-11-20(27(33)30(4-2)17-10-9-16-26(31)32)18-29-28(34)35-19-25-23-14-7-5-12-21(23)22-13-6-8-15-24(22)25/h5-8,12-15,20,25H,3-4,9-11,16-19H2,1-2H3,(H,29,34)(H,31,32). The van der Waals surface area contributed by atoms with Gasteiger partial charge in [0.25, 0.3) is 0 Å². The van der Waals surface area contributed by atoms with Crippen molar-refractivity contribution in [1.82, 2.24) is 10.2 Å².